The number of esters is 1. The normalized spacial score (nSPS) is 12.5. The first-order valence-electron chi connectivity index (χ1n) is 5.48. The van der Waals surface area contributed by atoms with Crippen LogP contribution in [0.5, 0.6) is 0 Å². The molecule has 0 saturated carbocycles. The van der Waals surface area contributed by atoms with Crippen LogP contribution in [0.2, 0.25) is 0 Å². The van der Waals surface area contributed by atoms with Crippen molar-refractivity contribution in [3.63, 3.8) is 0 Å². The van der Waals surface area contributed by atoms with Crippen LogP contribution in [0.25, 0.3) is 0 Å². The Balaban J connectivity index is 3.15. The zero-order valence-electron chi connectivity index (χ0n) is 10.7. The minimum absolute atomic E-state index is 0.0749. The molecule has 0 saturated heterocycles. The van der Waals surface area contributed by atoms with Crippen LogP contribution in [-0.4, -0.2) is 36.3 Å². The minimum atomic E-state index is -0.517. The first-order chi connectivity index (χ1) is 8.06. The number of hydrogen-bond acceptors (Lipinski definition) is 5. The maximum atomic E-state index is 11.5. The fourth-order valence-corrected chi connectivity index (χ4v) is 1.84. The summed E-state index contributed by atoms with van der Waals surface area (Å²) >= 11 is 0. The number of imidazole rings is 1. The van der Waals surface area contributed by atoms with Gasteiger partial charge in [-0.3, -0.25) is 0 Å². The Labute approximate surface area is 101 Å². The lowest BCUT2D eigenvalue weighted by molar-refractivity contribution is 0.0595. The van der Waals surface area contributed by atoms with E-state index in [-0.39, 0.29) is 11.7 Å². The number of nitrogens with two attached hydrogens (primary N) is 1. The first kappa shape index (κ1) is 13.5. The van der Waals surface area contributed by atoms with E-state index in [4.69, 9.17) is 10.5 Å². The number of methoxy groups -OCH3 is 2. The summed E-state index contributed by atoms with van der Waals surface area (Å²) in [5.74, 6) is 0.502. The fourth-order valence-electron chi connectivity index (χ4n) is 1.84. The molecule has 1 unspecified atom stereocenters. The van der Waals surface area contributed by atoms with Gasteiger partial charge < -0.3 is 19.8 Å². The van der Waals surface area contributed by atoms with E-state index in [2.05, 4.69) is 9.72 Å². The van der Waals surface area contributed by atoms with Gasteiger partial charge in [0.15, 0.2) is 5.69 Å². The molecule has 0 bridgehead atoms. The van der Waals surface area contributed by atoms with Gasteiger partial charge >= 0.3 is 5.97 Å². The van der Waals surface area contributed by atoms with E-state index in [1.807, 2.05) is 11.5 Å². The van der Waals surface area contributed by atoms with Gasteiger partial charge in [-0.25, -0.2) is 9.78 Å². The van der Waals surface area contributed by atoms with Crippen molar-refractivity contribution in [3.8, 4) is 0 Å². The molecule has 17 heavy (non-hydrogen) atoms. The summed E-state index contributed by atoms with van der Waals surface area (Å²) in [6.07, 6.45) is 0.843. The van der Waals surface area contributed by atoms with Crippen LogP contribution in [0.3, 0.4) is 0 Å². The second kappa shape index (κ2) is 5.67. The second-order valence-corrected chi connectivity index (χ2v) is 3.77. The molecule has 1 aromatic heterocycles. The van der Waals surface area contributed by atoms with Gasteiger partial charge in [-0.05, 0) is 13.3 Å². The number of hydrogen-bond donors (Lipinski definition) is 1. The molecule has 1 heterocycles. The Morgan fingerprint density at radius 1 is 1.53 bits per heavy atom. The monoisotopic (exact) mass is 241 g/mol. The van der Waals surface area contributed by atoms with E-state index < -0.39 is 5.97 Å². The fraction of sp³-hybridized carbons (Fsp3) is 0.636. The predicted molar refractivity (Wildman–Crippen MR) is 63.9 cm³/mol. The SMILES string of the molecule is CCC(COC)n1c(C)nc(C(=O)OC)c1N. The molecule has 0 radical (unpaired) electrons. The molecular formula is C11H19N3O3. The van der Waals surface area contributed by atoms with Crippen molar-refractivity contribution in [3.05, 3.63) is 11.5 Å². The summed E-state index contributed by atoms with van der Waals surface area (Å²) in [5.41, 5.74) is 6.10. The number of ether oxygens (including phenoxy) is 2. The Kier molecular flexibility index (Phi) is 4.51. The average Bonchev–Trinajstić information content (AvgIpc) is 2.61. The topological polar surface area (TPSA) is 79.4 Å². The lowest BCUT2D eigenvalue weighted by Crippen LogP contribution is -2.18. The van der Waals surface area contributed by atoms with Gasteiger partial charge in [0, 0.05) is 7.11 Å². The second-order valence-electron chi connectivity index (χ2n) is 3.77. The molecule has 6 heteroatoms. The molecule has 0 amide bonds. The third kappa shape index (κ3) is 2.58. The summed E-state index contributed by atoms with van der Waals surface area (Å²) in [5, 5.41) is 0. The van der Waals surface area contributed by atoms with Crippen molar-refractivity contribution >= 4 is 11.8 Å². The van der Waals surface area contributed by atoms with Crippen molar-refractivity contribution in [1.29, 1.82) is 0 Å². The molecule has 0 aliphatic heterocycles. The van der Waals surface area contributed by atoms with Crippen molar-refractivity contribution in [1.82, 2.24) is 9.55 Å². The molecule has 0 aliphatic carbocycles. The standard InChI is InChI=1S/C11H19N3O3/c1-5-8(6-16-3)14-7(2)13-9(10(14)12)11(15)17-4/h8H,5-6,12H2,1-4H3. The van der Waals surface area contributed by atoms with Crippen molar-refractivity contribution in [2.24, 2.45) is 0 Å². The van der Waals surface area contributed by atoms with Crippen LogP contribution in [0.15, 0.2) is 0 Å². The van der Waals surface area contributed by atoms with Crippen LogP contribution in [0.1, 0.15) is 35.7 Å². The van der Waals surface area contributed by atoms with E-state index in [0.717, 1.165) is 6.42 Å². The first-order valence-corrected chi connectivity index (χ1v) is 5.48. The Morgan fingerprint density at radius 3 is 2.65 bits per heavy atom. The average molecular weight is 241 g/mol. The zero-order valence-corrected chi connectivity index (χ0v) is 10.7. The highest BCUT2D eigenvalue weighted by Crippen LogP contribution is 2.23. The maximum Gasteiger partial charge on any atom is 0.360 e. The number of nitrogens with zero attached hydrogens (tertiary/aromatic N) is 2. The number of carbonyl (C=O) groups is 1. The summed E-state index contributed by atoms with van der Waals surface area (Å²) < 4.78 is 11.6. The highest BCUT2D eigenvalue weighted by atomic mass is 16.5. The third-order valence-corrected chi connectivity index (χ3v) is 2.70. The van der Waals surface area contributed by atoms with E-state index in [0.29, 0.717) is 18.2 Å². The Hall–Kier alpha value is -1.56. The van der Waals surface area contributed by atoms with Gasteiger partial charge in [0.1, 0.15) is 11.6 Å². The summed E-state index contributed by atoms with van der Waals surface area (Å²) in [6.45, 7) is 4.36. The van der Waals surface area contributed by atoms with Gasteiger partial charge in [-0.2, -0.15) is 0 Å². The van der Waals surface area contributed by atoms with Gasteiger partial charge in [0.25, 0.3) is 0 Å². The number of rotatable bonds is 5. The van der Waals surface area contributed by atoms with E-state index >= 15 is 0 Å². The Morgan fingerprint density at radius 2 is 2.18 bits per heavy atom. The molecule has 0 spiro atoms. The molecule has 96 valence electrons. The summed E-state index contributed by atoms with van der Waals surface area (Å²) in [6, 6.07) is 0.0749. The van der Waals surface area contributed by atoms with Gasteiger partial charge in [-0.1, -0.05) is 6.92 Å². The van der Waals surface area contributed by atoms with E-state index in [9.17, 15) is 4.79 Å². The van der Waals surface area contributed by atoms with Crippen molar-refractivity contribution < 1.29 is 14.3 Å². The van der Waals surface area contributed by atoms with Crippen LogP contribution < -0.4 is 5.73 Å². The molecule has 0 aromatic carbocycles. The van der Waals surface area contributed by atoms with Crippen molar-refractivity contribution in [2.75, 3.05) is 26.6 Å². The van der Waals surface area contributed by atoms with Crippen LogP contribution in [-0.2, 0) is 9.47 Å². The van der Waals surface area contributed by atoms with Gasteiger partial charge in [0.2, 0.25) is 0 Å². The maximum absolute atomic E-state index is 11.5. The number of anilines is 1. The van der Waals surface area contributed by atoms with Crippen molar-refractivity contribution in [2.45, 2.75) is 26.3 Å². The smallest absolute Gasteiger partial charge is 0.360 e. The molecule has 2 N–H and O–H groups in total. The minimum Gasteiger partial charge on any atom is -0.464 e. The highest BCUT2D eigenvalue weighted by Gasteiger charge is 2.22. The molecule has 0 fully saturated rings. The molecule has 6 nitrogen and oxygen atoms in total. The van der Waals surface area contributed by atoms with Crippen LogP contribution in [0.4, 0.5) is 5.82 Å². The highest BCUT2D eigenvalue weighted by molar-refractivity contribution is 5.92. The number of carbonyl (C=O) groups excluding carboxylic acids is 1. The molecule has 0 aliphatic rings. The Bertz CT molecular complexity index is 401. The third-order valence-electron chi connectivity index (χ3n) is 2.70. The predicted octanol–water partition coefficient (Wildman–Crippen LogP) is 1.16. The van der Waals surface area contributed by atoms with Crippen LogP contribution in [0, 0.1) is 6.92 Å². The zero-order chi connectivity index (χ0) is 13.0. The lowest BCUT2D eigenvalue weighted by atomic mass is 10.2. The molecule has 1 aromatic rings. The number of aryl methyl sites for hydroxylation is 1. The largest absolute Gasteiger partial charge is 0.464 e. The van der Waals surface area contributed by atoms with E-state index in [1.165, 1.54) is 7.11 Å². The van der Waals surface area contributed by atoms with Crippen LogP contribution >= 0.6 is 0 Å². The molecule has 1 atom stereocenters. The molecular weight excluding hydrogens is 222 g/mol. The van der Waals surface area contributed by atoms with Gasteiger partial charge in [0.05, 0.1) is 19.8 Å². The summed E-state index contributed by atoms with van der Waals surface area (Å²) in [4.78, 5) is 15.6. The lowest BCUT2D eigenvalue weighted by Gasteiger charge is -2.18. The quantitative estimate of drug-likeness (QED) is 0.782. The molecule has 1 rings (SSSR count). The number of nitrogen functional groups attached to an aromatic ring is 1. The number of aromatic nitrogens is 2. The van der Waals surface area contributed by atoms with E-state index in [1.54, 1.807) is 14.0 Å². The summed E-state index contributed by atoms with van der Waals surface area (Å²) in [7, 11) is 2.94. The van der Waals surface area contributed by atoms with Gasteiger partial charge in [-0.15, -0.1) is 0 Å².